The van der Waals surface area contributed by atoms with Gasteiger partial charge in [-0.1, -0.05) is 12.1 Å². The van der Waals surface area contributed by atoms with Gasteiger partial charge in [-0.2, -0.15) is 18.2 Å². The molecular formula is C23H20F3N7O2S. The van der Waals surface area contributed by atoms with E-state index in [0.717, 1.165) is 23.5 Å². The maximum atomic E-state index is 13.5. The van der Waals surface area contributed by atoms with E-state index in [1.165, 1.54) is 18.0 Å². The van der Waals surface area contributed by atoms with E-state index in [0.29, 0.717) is 33.9 Å². The molecule has 2 aliphatic rings. The highest BCUT2D eigenvalue weighted by atomic mass is 32.2. The summed E-state index contributed by atoms with van der Waals surface area (Å²) in [5.74, 6) is 0.899. The number of carbonyl (C=O) groups excluding carboxylic acids is 1. The van der Waals surface area contributed by atoms with Crippen molar-refractivity contribution in [3.63, 3.8) is 0 Å². The number of hydrogen-bond donors (Lipinski definition) is 0. The SMILES string of the molecule is CCSc1cc(-c2noc(C3(C(F)(F)F)CC3)n2)cnc1-c1nc2cc(C(=O)C3CC3)nnc2n1C. The molecule has 0 N–H and O–H groups in total. The summed E-state index contributed by atoms with van der Waals surface area (Å²) in [5.41, 5.74) is 0.328. The van der Waals surface area contributed by atoms with Crippen LogP contribution < -0.4 is 0 Å². The second-order valence-electron chi connectivity index (χ2n) is 9.08. The zero-order valence-electron chi connectivity index (χ0n) is 19.3. The van der Waals surface area contributed by atoms with Gasteiger partial charge in [-0.25, -0.2) is 4.98 Å². The molecule has 186 valence electrons. The molecule has 2 saturated carbocycles. The third kappa shape index (κ3) is 3.67. The van der Waals surface area contributed by atoms with Crippen LogP contribution in [0.15, 0.2) is 27.7 Å². The molecule has 0 bridgehead atoms. The van der Waals surface area contributed by atoms with Gasteiger partial charge in [-0.3, -0.25) is 9.78 Å². The standard InChI is InChI=1S/C23H20F3N7O2S/c1-3-36-15-8-12(18-29-21(35-32-18)22(6-7-22)23(24,25)26)10-27-16(15)20-28-14-9-13(17(34)11-4-5-11)30-31-19(14)33(20)2/h8-11H,3-7H2,1-2H3. The van der Waals surface area contributed by atoms with Gasteiger partial charge < -0.3 is 9.09 Å². The minimum atomic E-state index is -4.44. The molecular weight excluding hydrogens is 495 g/mol. The Morgan fingerprint density at radius 3 is 2.67 bits per heavy atom. The number of carbonyl (C=O) groups is 1. The van der Waals surface area contributed by atoms with Crippen molar-refractivity contribution in [2.75, 3.05) is 5.75 Å². The monoisotopic (exact) mass is 515 g/mol. The zero-order valence-corrected chi connectivity index (χ0v) is 20.2. The van der Waals surface area contributed by atoms with Crippen LogP contribution in [0.1, 0.15) is 49.0 Å². The lowest BCUT2D eigenvalue weighted by Crippen LogP contribution is -2.28. The topological polar surface area (TPSA) is 112 Å². The van der Waals surface area contributed by atoms with E-state index in [9.17, 15) is 18.0 Å². The number of nitrogens with zero attached hydrogens (tertiary/aromatic N) is 7. The Bertz CT molecular complexity index is 1510. The van der Waals surface area contributed by atoms with Crippen LogP contribution in [0.25, 0.3) is 34.1 Å². The van der Waals surface area contributed by atoms with Crippen molar-refractivity contribution in [3.8, 4) is 22.9 Å². The number of alkyl halides is 3. The van der Waals surface area contributed by atoms with Crippen LogP contribution >= 0.6 is 11.8 Å². The van der Waals surface area contributed by atoms with Crippen LogP contribution in [0.4, 0.5) is 13.2 Å². The highest BCUT2D eigenvalue weighted by molar-refractivity contribution is 7.99. The molecule has 2 aliphatic carbocycles. The van der Waals surface area contributed by atoms with Crippen LogP contribution in [0.2, 0.25) is 0 Å². The lowest BCUT2D eigenvalue weighted by Gasteiger charge is -2.13. The van der Waals surface area contributed by atoms with Gasteiger partial charge in [0.05, 0.1) is 0 Å². The molecule has 9 nitrogen and oxygen atoms in total. The maximum absolute atomic E-state index is 13.5. The first-order valence-electron chi connectivity index (χ1n) is 11.5. The minimum absolute atomic E-state index is 0.0145. The number of aryl methyl sites for hydroxylation is 1. The summed E-state index contributed by atoms with van der Waals surface area (Å²) >= 11 is 1.50. The summed E-state index contributed by atoms with van der Waals surface area (Å²) in [7, 11) is 1.79. The zero-order chi connectivity index (χ0) is 25.2. The first kappa shape index (κ1) is 23.1. The van der Waals surface area contributed by atoms with E-state index in [1.807, 2.05) is 6.92 Å². The average molecular weight is 516 g/mol. The summed E-state index contributed by atoms with van der Waals surface area (Å²) in [6.07, 6.45) is -1.32. The molecule has 4 heterocycles. The molecule has 0 aliphatic heterocycles. The van der Waals surface area contributed by atoms with Crippen molar-refractivity contribution in [2.45, 2.75) is 49.1 Å². The van der Waals surface area contributed by atoms with Crippen LogP contribution in [0, 0.1) is 5.92 Å². The third-order valence-corrected chi connectivity index (χ3v) is 7.48. The number of hydrogen-bond acceptors (Lipinski definition) is 9. The van der Waals surface area contributed by atoms with Crippen LogP contribution in [0.3, 0.4) is 0 Å². The van der Waals surface area contributed by atoms with Crippen molar-refractivity contribution in [2.24, 2.45) is 13.0 Å². The van der Waals surface area contributed by atoms with E-state index in [-0.39, 0.29) is 30.4 Å². The molecule has 36 heavy (non-hydrogen) atoms. The molecule has 0 radical (unpaired) electrons. The average Bonchev–Trinajstić information content (AvgIpc) is 3.78. The number of ketones is 1. The molecule has 0 amide bonds. The second-order valence-corrected chi connectivity index (χ2v) is 10.4. The minimum Gasteiger partial charge on any atom is -0.338 e. The summed E-state index contributed by atoms with van der Waals surface area (Å²) < 4.78 is 47.1. The fourth-order valence-corrected chi connectivity index (χ4v) is 4.95. The van der Waals surface area contributed by atoms with Gasteiger partial charge in [0.15, 0.2) is 17.3 Å². The van der Waals surface area contributed by atoms with Gasteiger partial charge >= 0.3 is 6.18 Å². The number of pyridine rings is 1. The Morgan fingerprint density at radius 1 is 1.22 bits per heavy atom. The van der Waals surface area contributed by atoms with Crippen LogP contribution in [-0.2, 0) is 12.5 Å². The number of rotatable bonds is 7. The van der Waals surface area contributed by atoms with Gasteiger partial charge in [0.1, 0.15) is 22.3 Å². The highest BCUT2D eigenvalue weighted by Gasteiger charge is 2.68. The molecule has 4 aromatic rings. The van der Waals surface area contributed by atoms with E-state index in [4.69, 9.17) is 4.52 Å². The summed E-state index contributed by atoms with van der Waals surface area (Å²) in [5, 5.41) is 12.1. The molecule has 0 saturated heterocycles. The fourth-order valence-electron chi connectivity index (χ4n) is 4.15. The van der Waals surface area contributed by atoms with Crippen molar-refractivity contribution in [1.29, 1.82) is 0 Å². The van der Waals surface area contributed by atoms with Crippen LogP contribution in [0.5, 0.6) is 0 Å². The van der Waals surface area contributed by atoms with Gasteiger partial charge in [0.2, 0.25) is 11.7 Å². The Hall–Kier alpha value is -3.35. The third-order valence-electron chi connectivity index (χ3n) is 6.57. The van der Waals surface area contributed by atoms with Crippen molar-refractivity contribution in [1.82, 2.24) is 34.9 Å². The van der Waals surface area contributed by atoms with E-state index in [1.54, 1.807) is 23.7 Å². The lowest BCUT2D eigenvalue weighted by atomic mass is 10.1. The molecule has 6 rings (SSSR count). The first-order valence-corrected chi connectivity index (χ1v) is 12.5. The van der Waals surface area contributed by atoms with E-state index in [2.05, 4.69) is 30.3 Å². The first-order chi connectivity index (χ1) is 17.2. The van der Waals surface area contributed by atoms with Crippen molar-refractivity contribution in [3.05, 3.63) is 29.9 Å². The molecule has 0 aromatic carbocycles. The normalized spacial score (nSPS) is 17.0. The lowest BCUT2D eigenvalue weighted by molar-refractivity contribution is -0.166. The predicted molar refractivity (Wildman–Crippen MR) is 123 cm³/mol. The molecule has 13 heteroatoms. The number of fused-ring (bicyclic) bond motifs is 1. The van der Waals surface area contributed by atoms with Crippen LogP contribution in [-0.4, -0.2) is 52.6 Å². The number of thioether (sulfide) groups is 1. The van der Waals surface area contributed by atoms with Crippen molar-refractivity contribution >= 4 is 28.7 Å². The summed E-state index contributed by atoms with van der Waals surface area (Å²) in [6.45, 7) is 1.98. The fraction of sp³-hybridized carbons (Fsp3) is 0.435. The quantitative estimate of drug-likeness (QED) is 0.254. The number of aromatic nitrogens is 7. The Labute approximate surface area is 206 Å². The van der Waals surface area contributed by atoms with Gasteiger partial charge in [0, 0.05) is 29.6 Å². The highest BCUT2D eigenvalue weighted by Crippen LogP contribution is 2.58. The van der Waals surface area contributed by atoms with E-state index >= 15 is 0 Å². The Balaban J connectivity index is 1.37. The Kier molecular flexibility index (Phi) is 5.18. The van der Waals surface area contributed by atoms with Crippen molar-refractivity contribution < 1.29 is 22.5 Å². The predicted octanol–water partition coefficient (Wildman–Crippen LogP) is 4.77. The van der Waals surface area contributed by atoms with E-state index < -0.39 is 17.5 Å². The maximum Gasteiger partial charge on any atom is 0.403 e. The molecule has 4 aromatic heterocycles. The van der Waals surface area contributed by atoms with Gasteiger partial charge in [0.25, 0.3) is 0 Å². The molecule has 0 spiro atoms. The second kappa shape index (κ2) is 8.08. The smallest absolute Gasteiger partial charge is 0.338 e. The molecule has 2 fully saturated rings. The molecule has 0 atom stereocenters. The largest absolute Gasteiger partial charge is 0.403 e. The molecule has 0 unspecified atom stereocenters. The van der Waals surface area contributed by atoms with Gasteiger partial charge in [-0.15, -0.1) is 22.0 Å². The van der Waals surface area contributed by atoms with Gasteiger partial charge in [-0.05, 0) is 43.6 Å². The summed E-state index contributed by atoms with van der Waals surface area (Å²) in [4.78, 5) is 26.5. The Morgan fingerprint density at radius 2 is 2.00 bits per heavy atom. The number of Topliss-reactive ketones (excluding diaryl/α,β-unsaturated/α-hetero) is 1. The summed E-state index contributed by atoms with van der Waals surface area (Å²) in [6, 6.07) is 3.42. The number of imidazole rings is 1. The number of halogens is 3.